The quantitative estimate of drug-likeness (QED) is 0.630. The van der Waals surface area contributed by atoms with E-state index >= 15 is 0 Å². The highest BCUT2D eigenvalue weighted by atomic mass is 35.5. The number of aromatic nitrogens is 2. The van der Waals surface area contributed by atoms with Gasteiger partial charge in [-0.3, -0.25) is 14.3 Å². The zero-order valence-electron chi connectivity index (χ0n) is 8.92. The van der Waals surface area contributed by atoms with Crippen molar-refractivity contribution in [2.75, 3.05) is 6.61 Å². The second kappa shape index (κ2) is 4.81. The molecule has 1 aromatic heterocycles. The molecule has 100 valence electrons. The van der Waals surface area contributed by atoms with Crippen LogP contribution in [0.25, 0.3) is 0 Å². The van der Waals surface area contributed by atoms with Crippen molar-refractivity contribution in [2.24, 2.45) is 0 Å². The molecule has 0 saturated carbocycles. The molecule has 0 bridgehead atoms. The Morgan fingerprint density at radius 3 is 2.78 bits per heavy atom. The fraction of sp³-hybridized carbons (Fsp3) is 0.556. The Bertz CT molecular complexity index is 559. The van der Waals surface area contributed by atoms with Crippen molar-refractivity contribution < 1.29 is 19.3 Å². The molecule has 0 aromatic carbocycles. The summed E-state index contributed by atoms with van der Waals surface area (Å²) in [7, 11) is 0. The molecule has 1 aliphatic heterocycles. The summed E-state index contributed by atoms with van der Waals surface area (Å²) in [5, 5.41) is 18.0. The van der Waals surface area contributed by atoms with Crippen LogP contribution in [0.5, 0.6) is 0 Å². The SMILES string of the molecule is O=c1[nH]c(=O)n([C@H]2O[C@@H](CO)[C@H](O)[C@@H]2F)cc1Cl. The van der Waals surface area contributed by atoms with Crippen molar-refractivity contribution in [1.82, 2.24) is 9.55 Å². The smallest absolute Gasteiger partial charge is 0.330 e. The molecular formula is C9H10ClFN2O5. The van der Waals surface area contributed by atoms with Gasteiger partial charge in [0.05, 0.1) is 6.61 Å². The van der Waals surface area contributed by atoms with E-state index in [9.17, 15) is 19.1 Å². The third-order valence-corrected chi connectivity index (χ3v) is 2.94. The van der Waals surface area contributed by atoms with Gasteiger partial charge in [-0.15, -0.1) is 0 Å². The summed E-state index contributed by atoms with van der Waals surface area (Å²) in [6.07, 6.45) is -5.13. The van der Waals surface area contributed by atoms with Gasteiger partial charge in [0.15, 0.2) is 12.4 Å². The fourth-order valence-electron chi connectivity index (χ4n) is 1.73. The van der Waals surface area contributed by atoms with Gasteiger partial charge < -0.3 is 14.9 Å². The maximum atomic E-state index is 13.7. The molecule has 3 N–H and O–H groups in total. The first-order valence-corrected chi connectivity index (χ1v) is 5.43. The van der Waals surface area contributed by atoms with E-state index in [2.05, 4.69) is 0 Å². The van der Waals surface area contributed by atoms with Gasteiger partial charge in [0, 0.05) is 6.20 Å². The van der Waals surface area contributed by atoms with Crippen LogP contribution in [-0.2, 0) is 4.74 Å². The molecule has 2 heterocycles. The number of ether oxygens (including phenoxy) is 1. The minimum Gasteiger partial charge on any atom is -0.394 e. The number of aliphatic hydroxyl groups excluding tert-OH is 2. The standard InChI is InChI=1S/C9H10ClFN2O5/c10-3-1-13(9(17)12-7(3)16)8-5(11)6(15)4(2-14)18-8/h1,4-6,8,14-15H,2H2,(H,12,16,17)/t4-,5-,6-,8-/m0/s1. The highest BCUT2D eigenvalue weighted by molar-refractivity contribution is 6.30. The number of alkyl halides is 1. The van der Waals surface area contributed by atoms with E-state index in [0.29, 0.717) is 0 Å². The molecular weight excluding hydrogens is 271 g/mol. The molecule has 9 heteroatoms. The lowest BCUT2D eigenvalue weighted by Gasteiger charge is -2.15. The molecule has 0 amide bonds. The van der Waals surface area contributed by atoms with Crippen LogP contribution in [0, 0.1) is 0 Å². The molecule has 0 spiro atoms. The summed E-state index contributed by atoms with van der Waals surface area (Å²) in [6.45, 7) is -0.593. The number of hydrogen-bond acceptors (Lipinski definition) is 5. The summed E-state index contributed by atoms with van der Waals surface area (Å²) >= 11 is 5.53. The summed E-state index contributed by atoms with van der Waals surface area (Å²) in [4.78, 5) is 24.4. The molecule has 0 aliphatic carbocycles. The molecule has 1 saturated heterocycles. The van der Waals surface area contributed by atoms with Crippen molar-refractivity contribution in [3.63, 3.8) is 0 Å². The molecule has 0 radical (unpaired) electrons. The van der Waals surface area contributed by atoms with Gasteiger partial charge in [-0.25, -0.2) is 9.18 Å². The third-order valence-electron chi connectivity index (χ3n) is 2.67. The van der Waals surface area contributed by atoms with Crippen molar-refractivity contribution in [1.29, 1.82) is 0 Å². The van der Waals surface area contributed by atoms with E-state index in [1.165, 1.54) is 0 Å². The van der Waals surface area contributed by atoms with E-state index in [-0.39, 0.29) is 5.02 Å². The molecule has 0 unspecified atom stereocenters. The van der Waals surface area contributed by atoms with Crippen LogP contribution in [-0.4, -0.2) is 44.8 Å². The van der Waals surface area contributed by atoms with Crippen LogP contribution >= 0.6 is 11.6 Å². The van der Waals surface area contributed by atoms with Crippen LogP contribution < -0.4 is 11.2 Å². The summed E-state index contributed by atoms with van der Waals surface area (Å²) in [6, 6.07) is 0. The second-order valence-corrected chi connectivity index (χ2v) is 4.23. The lowest BCUT2D eigenvalue weighted by Crippen LogP contribution is -2.36. The Morgan fingerprint density at radius 1 is 1.56 bits per heavy atom. The predicted molar refractivity (Wildman–Crippen MR) is 58.2 cm³/mol. The molecule has 7 nitrogen and oxygen atoms in total. The third kappa shape index (κ3) is 2.07. The van der Waals surface area contributed by atoms with Crippen molar-refractivity contribution in [2.45, 2.75) is 24.6 Å². The van der Waals surface area contributed by atoms with Crippen molar-refractivity contribution in [3.05, 3.63) is 32.1 Å². The van der Waals surface area contributed by atoms with E-state index in [1.807, 2.05) is 4.98 Å². The van der Waals surface area contributed by atoms with Crippen LogP contribution in [0.2, 0.25) is 5.02 Å². The lowest BCUT2D eigenvalue weighted by molar-refractivity contribution is -0.0491. The number of nitrogens with one attached hydrogen (secondary N) is 1. The van der Waals surface area contributed by atoms with Crippen LogP contribution in [0.15, 0.2) is 15.8 Å². The maximum absolute atomic E-state index is 13.7. The Hall–Kier alpha value is -1.22. The number of halogens is 2. The van der Waals surface area contributed by atoms with Gasteiger partial charge in [-0.1, -0.05) is 11.6 Å². The minimum absolute atomic E-state index is 0.313. The Kier molecular flexibility index (Phi) is 3.53. The zero-order chi connectivity index (χ0) is 13.4. The summed E-state index contributed by atoms with van der Waals surface area (Å²) in [5.74, 6) is 0. The number of H-pyrrole nitrogens is 1. The molecule has 2 rings (SSSR count). The number of rotatable bonds is 2. The number of nitrogens with zero attached hydrogens (tertiary/aromatic N) is 1. The predicted octanol–water partition coefficient (Wildman–Crippen LogP) is -1.22. The first kappa shape index (κ1) is 13.2. The van der Waals surface area contributed by atoms with Gasteiger partial charge in [0.2, 0.25) is 0 Å². The number of aromatic amines is 1. The first-order chi connectivity index (χ1) is 8.45. The van der Waals surface area contributed by atoms with Gasteiger partial charge in [-0.05, 0) is 0 Å². The molecule has 1 fully saturated rings. The Labute approximate surface area is 104 Å². The topological polar surface area (TPSA) is 105 Å². The number of hydrogen-bond donors (Lipinski definition) is 3. The van der Waals surface area contributed by atoms with Gasteiger partial charge in [0.1, 0.15) is 17.2 Å². The first-order valence-electron chi connectivity index (χ1n) is 5.05. The van der Waals surface area contributed by atoms with E-state index in [0.717, 1.165) is 10.8 Å². The summed E-state index contributed by atoms with van der Waals surface area (Å²) in [5.41, 5.74) is -1.71. The zero-order valence-corrected chi connectivity index (χ0v) is 9.67. The maximum Gasteiger partial charge on any atom is 0.330 e. The van der Waals surface area contributed by atoms with Gasteiger partial charge >= 0.3 is 5.69 Å². The molecule has 1 aromatic rings. The average Bonchev–Trinajstić information content (AvgIpc) is 2.61. The van der Waals surface area contributed by atoms with Crippen LogP contribution in [0.4, 0.5) is 4.39 Å². The summed E-state index contributed by atoms with van der Waals surface area (Å²) < 4.78 is 19.5. The Morgan fingerprint density at radius 2 is 2.22 bits per heavy atom. The van der Waals surface area contributed by atoms with E-state index < -0.39 is 42.5 Å². The lowest BCUT2D eigenvalue weighted by atomic mass is 10.1. The average molecular weight is 281 g/mol. The fourth-order valence-corrected chi connectivity index (χ4v) is 1.88. The van der Waals surface area contributed by atoms with E-state index in [4.69, 9.17) is 21.4 Å². The molecule has 18 heavy (non-hydrogen) atoms. The van der Waals surface area contributed by atoms with Crippen LogP contribution in [0.1, 0.15) is 6.23 Å². The molecule has 1 aliphatic rings. The molecule has 4 atom stereocenters. The Balaban J connectivity index is 2.42. The highest BCUT2D eigenvalue weighted by Crippen LogP contribution is 2.30. The second-order valence-electron chi connectivity index (χ2n) is 3.83. The normalized spacial score (nSPS) is 31.8. The van der Waals surface area contributed by atoms with Gasteiger partial charge in [-0.2, -0.15) is 0 Å². The highest BCUT2D eigenvalue weighted by Gasteiger charge is 2.45. The van der Waals surface area contributed by atoms with Crippen LogP contribution in [0.3, 0.4) is 0 Å². The number of aliphatic hydroxyl groups is 2. The monoisotopic (exact) mass is 280 g/mol. The van der Waals surface area contributed by atoms with Crippen molar-refractivity contribution in [3.8, 4) is 0 Å². The minimum atomic E-state index is -1.91. The van der Waals surface area contributed by atoms with Gasteiger partial charge in [0.25, 0.3) is 5.56 Å². The van der Waals surface area contributed by atoms with Crippen molar-refractivity contribution >= 4 is 11.6 Å². The van der Waals surface area contributed by atoms with E-state index in [1.54, 1.807) is 0 Å². The largest absolute Gasteiger partial charge is 0.394 e.